The number of nitrogens with one attached hydrogen (secondary N) is 1. The van der Waals surface area contributed by atoms with Gasteiger partial charge in [0.25, 0.3) is 0 Å². The summed E-state index contributed by atoms with van der Waals surface area (Å²) in [6, 6.07) is 6.73. The molecule has 0 atom stereocenters. The summed E-state index contributed by atoms with van der Waals surface area (Å²) in [5.41, 5.74) is 6.29. The smallest absolute Gasteiger partial charge is 0.0738 e. The fraction of sp³-hybridized carbons (Fsp3) is 0.471. The second-order valence-corrected chi connectivity index (χ2v) is 5.62. The minimum Gasteiger partial charge on any atom is -0.313 e. The highest BCUT2D eigenvalue weighted by atomic mass is 14.8. The summed E-state index contributed by atoms with van der Waals surface area (Å²) in [7, 11) is 0. The van der Waals surface area contributed by atoms with Gasteiger partial charge in [0.15, 0.2) is 0 Å². The first-order valence-electron chi connectivity index (χ1n) is 7.14. The predicted molar refractivity (Wildman–Crippen MR) is 82.7 cm³/mol. The number of hydrogen-bond acceptors (Lipinski definition) is 2. The van der Waals surface area contributed by atoms with Gasteiger partial charge < -0.3 is 5.32 Å². The van der Waals surface area contributed by atoms with Gasteiger partial charge in [-0.3, -0.25) is 4.98 Å². The van der Waals surface area contributed by atoms with Crippen LogP contribution in [0.5, 0.6) is 0 Å². The van der Waals surface area contributed by atoms with Gasteiger partial charge in [-0.15, -0.1) is 0 Å². The normalized spacial score (nSPS) is 11.5. The van der Waals surface area contributed by atoms with Gasteiger partial charge in [-0.05, 0) is 49.6 Å². The lowest BCUT2D eigenvalue weighted by Crippen LogP contribution is -2.13. The molecule has 1 aromatic heterocycles. The maximum atomic E-state index is 4.86. The standard InChI is InChI=1S/C17H24N2/c1-6-18-10-14-9-16(11(2)3)19-17-13(5)7-12(4)8-15(14)17/h7-9,11,18H,6,10H2,1-5H3. The number of hydrogen-bond donors (Lipinski definition) is 1. The largest absolute Gasteiger partial charge is 0.313 e. The van der Waals surface area contributed by atoms with Crippen LogP contribution >= 0.6 is 0 Å². The first-order valence-corrected chi connectivity index (χ1v) is 7.14. The third-order valence-electron chi connectivity index (χ3n) is 3.51. The van der Waals surface area contributed by atoms with Crippen molar-refractivity contribution in [2.24, 2.45) is 0 Å². The highest BCUT2D eigenvalue weighted by molar-refractivity contribution is 5.86. The molecule has 1 N–H and O–H groups in total. The highest BCUT2D eigenvalue weighted by Gasteiger charge is 2.10. The molecule has 0 radical (unpaired) electrons. The molecule has 0 spiro atoms. The second kappa shape index (κ2) is 5.70. The number of aromatic nitrogens is 1. The van der Waals surface area contributed by atoms with Crippen LogP contribution in [0.2, 0.25) is 0 Å². The Balaban J connectivity index is 2.67. The summed E-state index contributed by atoms with van der Waals surface area (Å²) in [6.07, 6.45) is 0. The highest BCUT2D eigenvalue weighted by Crippen LogP contribution is 2.26. The number of nitrogens with zero attached hydrogens (tertiary/aromatic N) is 1. The van der Waals surface area contributed by atoms with Gasteiger partial charge in [0, 0.05) is 17.6 Å². The molecule has 0 aliphatic carbocycles. The van der Waals surface area contributed by atoms with E-state index in [0.29, 0.717) is 5.92 Å². The van der Waals surface area contributed by atoms with E-state index in [1.165, 1.54) is 27.8 Å². The van der Waals surface area contributed by atoms with E-state index in [0.717, 1.165) is 18.6 Å². The zero-order valence-corrected chi connectivity index (χ0v) is 12.7. The van der Waals surface area contributed by atoms with Gasteiger partial charge >= 0.3 is 0 Å². The Morgan fingerprint density at radius 2 is 1.89 bits per heavy atom. The van der Waals surface area contributed by atoms with Crippen molar-refractivity contribution in [1.29, 1.82) is 0 Å². The third-order valence-corrected chi connectivity index (χ3v) is 3.51. The fourth-order valence-electron chi connectivity index (χ4n) is 2.47. The quantitative estimate of drug-likeness (QED) is 0.891. The number of fused-ring (bicyclic) bond motifs is 1. The lowest BCUT2D eigenvalue weighted by molar-refractivity contribution is 0.725. The van der Waals surface area contributed by atoms with Gasteiger partial charge in [0.1, 0.15) is 0 Å². The second-order valence-electron chi connectivity index (χ2n) is 5.62. The summed E-state index contributed by atoms with van der Waals surface area (Å²) in [5.74, 6) is 0.463. The zero-order chi connectivity index (χ0) is 14.0. The molecule has 0 bridgehead atoms. The Morgan fingerprint density at radius 3 is 2.53 bits per heavy atom. The Hall–Kier alpha value is -1.41. The van der Waals surface area contributed by atoms with E-state index in [9.17, 15) is 0 Å². The van der Waals surface area contributed by atoms with Gasteiger partial charge in [-0.1, -0.05) is 32.4 Å². The van der Waals surface area contributed by atoms with Crippen LogP contribution in [0.25, 0.3) is 10.9 Å². The van der Waals surface area contributed by atoms with Crippen LogP contribution in [0.1, 0.15) is 49.1 Å². The number of rotatable bonds is 4. The van der Waals surface area contributed by atoms with Crippen LogP contribution in [0, 0.1) is 13.8 Å². The van der Waals surface area contributed by atoms with Crippen molar-refractivity contribution in [2.75, 3.05) is 6.54 Å². The van der Waals surface area contributed by atoms with Crippen molar-refractivity contribution in [3.8, 4) is 0 Å². The Labute approximate surface area is 116 Å². The Bertz CT molecular complexity index is 585. The van der Waals surface area contributed by atoms with Crippen molar-refractivity contribution in [1.82, 2.24) is 10.3 Å². The van der Waals surface area contributed by atoms with Crippen molar-refractivity contribution < 1.29 is 0 Å². The molecule has 0 fully saturated rings. The van der Waals surface area contributed by atoms with Gasteiger partial charge in [0.05, 0.1) is 5.52 Å². The van der Waals surface area contributed by atoms with Crippen molar-refractivity contribution in [3.05, 3.63) is 40.6 Å². The molecule has 19 heavy (non-hydrogen) atoms. The maximum absolute atomic E-state index is 4.86. The molecule has 0 aliphatic rings. The Kier molecular flexibility index (Phi) is 4.20. The number of pyridine rings is 1. The average molecular weight is 256 g/mol. The van der Waals surface area contributed by atoms with Gasteiger partial charge in [-0.2, -0.15) is 0 Å². The van der Waals surface area contributed by atoms with Crippen molar-refractivity contribution in [3.63, 3.8) is 0 Å². The molecular weight excluding hydrogens is 232 g/mol. The molecule has 0 saturated heterocycles. The zero-order valence-electron chi connectivity index (χ0n) is 12.7. The first kappa shape index (κ1) is 14.0. The predicted octanol–water partition coefficient (Wildman–Crippen LogP) is 4.08. The molecule has 2 nitrogen and oxygen atoms in total. The van der Waals surface area contributed by atoms with Crippen molar-refractivity contribution >= 4 is 10.9 Å². The van der Waals surface area contributed by atoms with Crippen LogP contribution in [0.15, 0.2) is 18.2 Å². The average Bonchev–Trinajstić information content (AvgIpc) is 2.35. The molecule has 0 saturated carbocycles. The van der Waals surface area contributed by atoms with Crippen LogP contribution in [-0.2, 0) is 6.54 Å². The molecule has 2 heteroatoms. The third kappa shape index (κ3) is 2.95. The summed E-state index contributed by atoms with van der Waals surface area (Å²) < 4.78 is 0. The number of benzene rings is 1. The molecule has 2 rings (SSSR count). The van der Waals surface area contributed by atoms with E-state index >= 15 is 0 Å². The minimum absolute atomic E-state index is 0.463. The molecular formula is C17H24N2. The van der Waals surface area contributed by atoms with E-state index in [1.54, 1.807) is 0 Å². The summed E-state index contributed by atoms with van der Waals surface area (Å²) in [5, 5.41) is 4.73. The summed E-state index contributed by atoms with van der Waals surface area (Å²) >= 11 is 0. The Morgan fingerprint density at radius 1 is 1.16 bits per heavy atom. The monoisotopic (exact) mass is 256 g/mol. The SMILES string of the molecule is CCNCc1cc(C(C)C)nc2c(C)cc(C)cc12. The van der Waals surface area contributed by atoms with Crippen molar-refractivity contribution in [2.45, 2.75) is 47.1 Å². The fourth-order valence-corrected chi connectivity index (χ4v) is 2.47. The topological polar surface area (TPSA) is 24.9 Å². The van der Waals surface area contributed by atoms with Crippen LogP contribution in [0.4, 0.5) is 0 Å². The van der Waals surface area contributed by atoms with E-state index in [1.807, 2.05) is 0 Å². The van der Waals surface area contributed by atoms with Gasteiger partial charge in [-0.25, -0.2) is 0 Å². The molecule has 0 unspecified atom stereocenters. The minimum atomic E-state index is 0.463. The molecule has 1 heterocycles. The molecule has 1 aromatic carbocycles. The lowest BCUT2D eigenvalue weighted by Gasteiger charge is -2.14. The number of aryl methyl sites for hydroxylation is 2. The molecule has 102 valence electrons. The van der Waals surface area contributed by atoms with Crippen LogP contribution in [-0.4, -0.2) is 11.5 Å². The molecule has 0 amide bonds. The first-order chi connectivity index (χ1) is 9.02. The van der Waals surface area contributed by atoms with Gasteiger partial charge in [0.2, 0.25) is 0 Å². The van der Waals surface area contributed by atoms with E-state index in [2.05, 4.69) is 58.1 Å². The van der Waals surface area contributed by atoms with E-state index < -0.39 is 0 Å². The van der Waals surface area contributed by atoms with E-state index in [-0.39, 0.29) is 0 Å². The summed E-state index contributed by atoms with van der Waals surface area (Å²) in [6.45, 7) is 12.8. The van der Waals surface area contributed by atoms with Crippen LogP contribution in [0.3, 0.4) is 0 Å². The summed E-state index contributed by atoms with van der Waals surface area (Å²) in [4.78, 5) is 4.86. The van der Waals surface area contributed by atoms with Crippen LogP contribution < -0.4 is 5.32 Å². The van der Waals surface area contributed by atoms with E-state index in [4.69, 9.17) is 4.98 Å². The maximum Gasteiger partial charge on any atom is 0.0738 e. The lowest BCUT2D eigenvalue weighted by atomic mass is 9.99. The molecule has 0 aliphatic heterocycles. The molecule has 2 aromatic rings.